The lowest BCUT2D eigenvalue weighted by Crippen LogP contribution is -2.49. The van der Waals surface area contributed by atoms with Crippen molar-refractivity contribution >= 4 is 0 Å². The molecular weight excluding hydrogens is 234 g/mol. The average molecular weight is 263 g/mol. The Hall–Kier alpha value is -0.120. The van der Waals surface area contributed by atoms with Gasteiger partial charge in [-0.15, -0.1) is 0 Å². The Morgan fingerprint density at radius 3 is 2.63 bits per heavy atom. The van der Waals surface area contributed by atoms with Crippen molar-refractivity contribution in [2.75, 3.05) is 19.6 Å². The van der Waals surface area contributed by atoms with Gasteiger partial charge in [0.15, 0.2) is 0 Å². The van der Waals surface area contributed by atoms with Crippen molar-refractivity contribution in [3.63, 3.8) is 0 Å². The molecule has 0 amide bonds. The minimum absolute atomic E-state index is 0.772. The molecule has 3 nitrogen and oxygen atoms in total. The summed E-state index contributed by atoms with van der Waals surface area (Å²) >= 11 is 0. The van der Waals surface area contributed by atoms with Gasteiger partial charge in [-0.05, 0) is 65.0 Å². The molecule has 0 spiro atoms. The largest absolute Gasteiger partial charge is 0.310 e. The number of hydrogen-bond acceptors (Lipinski definition) is 3. The van der Waals surface area contributed by atoms with Crippen LogP contribution in [0.4, 0.5) is 0 Å². The molecule has 108 valence electrons. The van der Waals surface area contributed by atoms with Crippen molar-refractivity contribution in [2.24, 2.45) is 0 Å². The standard InChI is InChI=1S/C16H29N3/c1-12-9-14(11-19(12)15-4-5-15)17-13-6-8-18-7-2-3-16(18)10-13/h12-17H,2-11H2,1H3. The molecule has 1 aliphatic carbocycles. The molecular formula is C16H29N3. The van der Waals surface area contributed by atoms with Crippen LogP contribution in [-0.2, 0) is 0 Å². The van der Waals surface area contributed by atoms with Gasteiger partial charge in [-0.25, -0.2) is 0 Å². The molecule has 3 heteroatoms. The van der Waals surface area contributed by atoms with Crippen molar-refractivity contribution in [3.05, 3.63) is 0 Å². The lowest BCUT2D eigenvalue weighted by Gasteiger charge is -2.36. The second-order valence-corrected chi connectivity index (χ2v) is 7.43. The van der Waals surface area contributed by atoms with Crippen molar-refractivity contribution in [3.8, 4) is 0 Å². The van der Waals surface area contributed by atoms with Crippen LogP contribution >= 0.6 is 0 Å². The van der Waals surface area contributed by atoms with Gasteiger partial charge in [0.1, 0.15) is 0 Å². The number of fused-ring (bicyclic) bond motifs is 1. The topological polar surface area (TPSA) is 18.5 Å². The van der Waals surface area contributed by atoms with Crippen molar-refractivity contribution in [2.45, 2.75) is 82.1 Å². The van der Waals surface area contributed by atoms with Gasteiger partial charge in [-0.2, -0.15) is 0 Å². The maximum Gasteiger partial charge on any atom is 0.0212 e. The van der Waals surface area contributed by atoms with E-state index in [0.717, 1.165) is 30.2 Å². The third-order valence-corrected chi connectivity index (χ3v) is 5.93. The Balaban J connectivity index is 1.30. The van der Waals surface area contributed by atoms with Crippen LogP contribution in [0.3, 0.4) is 0 Å². The van der Waals surface area contributed by atoms with Gasteiger partial charge in [0.05, 0.1) is 0 Å². The summed E-state index contributed by atoms with van der Waals surface area (Å²) in [5.41, 5.74) is 0. The minimum atomic E-state index is 0.772. The predicted molar refractivity (Wildman–Crippen MR) is 78.3 cm³/mol. The Kier molecular flexibility index (Phi) is 3.33. The molecule has 0 aromatic heterocycles. The molecule has 0 aromatic carbocycles. The second kappa shape index (κ2) is 5.01. The van der Waals surface area contributed by atoms with E-state index >= 15 is 0 Å². The lowest BCUT2D eigenvalue weighted by molar-refractivity contribution is 0.160. The first kappa shape index (κ1) is 12.6. The fourth-order valence-corrected chi connectivity index (χ4v) is 4.80. The first-order chi connectivity index (χ1) is 9.29. The van der Waals surface area contributed by atoms with Crippen LogP contribution in [0.1, 0.15) is 51.9 Å². The van der Waals surface area contributed by atoms with E-state index in [1.165, 1.54) is 64.6 Å². The minimum Gasteiger partial charge on any atom is -0.310 e. The van der Waals surface area contributed by atoms with Crippen LogP contribution in [0, 0.1) is 0 Å². The summed E-state index contributed by atoms with van der Waals surface area (Å²) in [4.78, 5) is 5.49. The molecule has 4 unspecified atom stereocenters. The molecule has 4 fully saturated rings. The van der Waals surface area contributed by atoms with Gasteiger partial charge in [-0.1, -0.05) is 0 Å². The van der Waals surface area contributed by atoms with E-state index < -0.39 is 0 Å². The van der Waals surface area contributed by atoms with E-state index in [2.05, 4.69) is 22.0 Å². The molecule has 3 saturated heterocycles. The highest BCUT2D eigenvalue weighted by Crippen LogP contribution is 2.34. The summed E-state index contributed by atoms with van der Waals surface area (Å²) in [7, 11) is 0. The van der Waals surface area contributed by atoms with E-state index in [1.807, 2.05) is 0 Å². The summed E-state index contributed by atoms with van der Waals surface area (Å²) in [6.07, 6.45) is 9.97. The molecule has 1 saturated carbocycles. The maximum atomic E-state index is 4.01. The number of hydrogen-bond donors (Lipinski definition) is 1. The predicted octanol–water partition coefficient (Wildman–Crippen LogP) is 1.83. The van der Waals surface area contributed by atoms with E-state index in [0.29, 0.717) is 0 Å². The molecule has 0 aromatic rings. The van der Waals surface area contributed by atoms with E-state index in [9.17, 15) is 0 Å². The second-order valence-electron chi connectivity index (χ2n) is 7.43. The van der Waals surface area contributed by atoms with Gasteiger partial charge in [0.25, 0.3) is 0 Å². The smallest absolute Gasteiger partial charge is 0.0212 e. The normalized spacial score (nSPS) is 44.7. The van der Waals surface area contributed by atoms with Crippen LogP contribution in [0.5, 0.6) is 0 Å². The number of nitrogens with zero attached hydrogens (tertiary/aromatic N) is 2. The number of likely N-dealkylation sites (tertiary alicyclic amines) is 1. The number of piperidine rings is 1. The lowest BCUT2D eigenvalue weighted by atomic mass is 9.96. The monoisotopic (exact) mass is 263 g/mol. The van der Waals surface area contributed by atoms with Crippen molar-refractivity contribution in [1.82, 2.24) is 15.1 Å². The van der Waals surface area contributed by atoms with Crippen LogP contribution in [0.25, 0.3) is 0 Å². The highest BCUT2D eigenvalue weighted by molar-refractivity contribution is 4.98. The third-order valence-electron chi connectivity index (χ3n) is 5.93. The van der Waals surface area contributed by atoms with Crippen LogP contribution < -0.4 is 5.32 Å². The zero-order valence-electron chi connectivity index (χ0n) is 12.4. The third kappa shape index (κ3) is 2.57. The van der Waals surface area contributed by atoms with Crippen LogP contribution in [0.15, 0.2) is 0 Å². The Morgan fingerprint density at radius 2 is 1.79 bits per heavy atom. The SMILES string of the molecule is CC1CC(NC2CCN3CCCC3C2)CN1C1CC1. The molecule has 4 rings (SSSR count). The van der Waals surface area contributed by atoms with E-state index in [-0.39, 0.29) is 0 Å². The summed E-state index contributed by atoms with van der Waals surface area (Å²) in [5.74, 6) is 0. The number of rotatable bonds is 3. The molecule has 19 heavy (non-hydrogen) atoms. The molecule has 4 atom stereocenters. The highest BCUT2D eigenvalue weighted by atomic mass is 15.3. The van der Waals surface area contributed by atoms with Gasteiger partial charge < -0.3 is 10.2 Å². The number of nitrogens with one attached hydrogen (secondary N) is 1. The molecule has 0 bridgehead atoms. The van der Waals surface area contributed by atoms with Crippen LogP contribution in [0.2, 0.25) is 0 Å². The molecule has 0 radical (unpaired) electrons. The Labute approximate surface area is 117 Å². The molecule has 3 aliphatic heterocycles. The zero-order chi connectivity index (χ0) is 12.8. The maximum absolute atomic E-state index is 4.01. The van der Waals surface area contributed by atoms with Gasteiger partial charge in [0, 0.05) is 36.8 Å². The fourth-order valence-electron chi connectivity index (χ4n) is 4.80. The molecule has 4 aliphatic rings. The Morgan fingerprint density at radius 1 is 0.895 bits per heavy atom. The fraction of sp³-hybridized carbons (Fsp3) is 1.00. The Bertz CT molecular complexity index is 326. The van der Waals surface area contributed by atoms with E-state index in [4.69, 9.17) is 0 Å². The van der Waals surface area contributed by atoms with E-state index in [1.54, 1.807) is 0 Å². The van der Waals surface area contributed by atoms with Crippen molar-refractivity contribution < 1.29 is 0 Å². The summed E-state index contributed by atoms with van der Waals surface area (Å²) < 4.78 is 0. The summed E-state index contributed by atoms with van der Waals surface area (Å²) in [5, 5.41) is 4.01. The van der Waals surface area contributed by atoms with Crippen molar-refractivity contribution in [1.29, 1.82) is 0 Å². The summed E-state index contributed by atoms with van der Waals surface area (Å²) in [6.45, 7) is 6.46. The molecule has 1 N–H and O–H groups in total. The van der Waals surface area contributed by atoms with Gasteiger partial charge >= 0.3 is 0 Å². The average Bonchev–Trinajstić information content (AvgIpc) is 3.02. The first-order valence-electron chi connectivity index (χ1n) is 8.55. The quantitative estimate of drug-likeness (QED) is 0.838. The molecule has 3 heterocycles. The highest BCUT2D eigenvalue weighted by Gasteiger charge is 2.40. The summed E-state index contributed by atoms with van der Waals surface area (Å²) in [6, 6.07) is 4.24. The first-order valence-corrected chi connectivity index (χ1v) is 8.55. The van der Waals surface area contributed by atoms with Gasteiger partial charge in [-0.3, -0.25) is 4.90 Å². The van der Waals surface area contributed by atoms with Crippen LogP contribution in [-0.4, -0.2) is 59.6 Å². The zero-order valence-corrected chi connectivity index (χ0v) is 12.4. The van der Waals surface area contributed by atoms with Gasteiger partial charge in [0.2, 0.25) is 0 Å².